The van der Waals surface area contributed by atoms with Crippen LogP contribution in [-0.2, 0) is 0 Å². The highest BCUT2D eigenvalue weighted by Gasteiger charge is 2.21. The molecule has 0 atom stereocenters. The largest absolute Gasteiger partial charge is 0.456 e. The van der Waals surface area contributed by atoms with Crippen LogP contribution in [0.5, 0.6) is 0 Å². The van der Waals surface area contributed by atoms with Crippen LogP contribution in [0.15, 0.2) is 180 Å². The number of anilines is 3. The summed E-state index contributed by atoms with van der Waals surface area (Å²) in [5.74, 6) is 0. The number of para-hydroxylation sites is 2. The van der Waals surface area contributed by atoms with E-state index in [1.165, 1.54) is 53.2 Å². The molecule has 0 amide bonds. The minimum Gasteiger partial charge on any atom is -0.456 e. The van der Waals surface area contributed by atoms with Crippen LogP contribution in [0.4, 0.5) is 17.1 Å². The van der Waals surface area contributed by atoms with E-state index in [0.29, 0.717) is 0 Å². The van der Waals surface area contributed by atoms with Gasteiger partial charge in [0.15, 0.2) is 0 Å². The first-order chi connectivity index (χ1) is 24.3. The molecule has 0 bridgehead atoms. The summed E-state index contributed by atoms with van der Waals surface area (Å²) in [5, 5.41) is 7.32. The number of rotatable bonds is 5. The Kier molecular flexibility index (Phi) is 6.39. The van der Waals surface area contributed by atoms with Gasteiger partial charge in [0, 0.05) is 59.5 Å². The molecule has 0 aliphatic heterocycles. The van der Waals surface area contributed by atoms with E-state index in [0.717, 1.165) is 39.0 Å². The van der Waals surface area contributed by atoms with Crippen LogP contribution in [-0.4, -0.2) is 0 Å². The maximum absolute atomic E-state index is 6.44. The molecule has 3 heteroatoms. The zero-order valence-corrected chi connectivity index (χ0v) is 27.3. The second kappa shape index (κ2) is 11.2. The number of fused-ring (bicyclic) bond motifs is 7. The second-order valence-electron chi connectivity index (χ2n) is 12.5. The van der Waals surface area contributed by atoms with Gasteiger partial charge in [0.2, 0.25) is 0 Å². The van der Waals surface area contributed by atoms with E-state index >= 15 is 0 Å². The smallest absolute Gasteiger partial charge is 0.137 e. The van der Waals surface area contributed by atoms with Gasteiger partial charge >= 0.3 is 0 Å². The van der Waals surface area contributed by atoms with Gasteiger partial charge in [-0.05, 0) is 64.4 Å². The van der Waals surface area contributed by atoms with Crippen molar-refractivity contribution < 1.29 is 4.42 Å². The molecule has 49 heavy (non-hydrogen) atoms. The van der Waals surface area contributed by atoms with Gasteiger partial charge in [0.25, 0.3) is 0 Å². The zero-order chi connectivity index (χ0) is 32.3. The predicted molar refractivity (Wildman–Crippen MR) is 210 cm³/mol. The summed E-state index contributed by atoms with van der Waals surface area (Å²) in [6, 6.07) is 63.2. The highest BCUT2D eigenvalue weighted by molar-refractivity contribution is 7.26. The zero-order valence-electron chi connectivity index (χ0n) is 26.5. The second-order valence-corrected chi connectivity index (χ2v) is 13.5. The summed E-state index contributed by atoms with van der Waals surface area (Å²) >= 11 is 1.87. The molecule has 0 saturated heterocycles. The minimum atomic E-state index is 0.873. The SMILES string of the molecule is c1cc(-c2cccc3ccccc23)cc(N(c2ccc3c(c2)oc2ccccc23)c2ccccc2-c2cccc3c2sc2ccccc23)c1. The fraction of sp³-hybridized carbons (Fsp3) is 0. The van der Waals surface area contributed by atoms with Crippen molar-refractivity contribution in [3.63, 3.8) is 0 Å². The van der Waals surface area contributed by atoms with Gasteiger partial charge in [-0.1, -0.05) is 127 Å². The lowest BCUT2D eigenvalue weighted by atomic mass is 9.97. The van der Waals surface area contributed by atoms with E-state index in [4.69, 9.17) is 4.42 Å². The van der Waals surface area contributed by atoms with Crippen molar-refractivity contribution in [3.8, 4) is 22.3 Å². The first-order valence-corrected chi connectivity index (χ1v) is 17.4. The highest BCUT2D eigenvalue weighted by atomic mass is 32.1. The number of thiophene rings is 1. The van der Waals surface area contributed by atoms with Crippen LogP contribution >= 0.6 is 11.3 Å². The molecule has 0 aliphatic rings. The van der Waals surface area contributed by atoms with Crippen molar-refractivity contribution in [2.75, 3.05) is 4.90 Å². The average Bonchev–Trinajstić information content (AvgIpc) is 3.73. The summed E-state index contributed by atoms with van der Waals surface area (Å²) in [6.07, 6.45) is 0. The monoisotopic (exact) mass is 643 g/mol. The van der Waals surface area contributed by atoms with Crippen LogP contribution < -0.4 is 4.90 Å². The lowest BCUT2D eigenvalue weighted by molar-refractivity contribution is 0.669. The Morgan fingerprint density at radius 2 is 1.06 bits per heavy atom. The first-order valence-electron chi connectivity index (χ1n) is 16.6. The van der Waals surface area contributed by atoms with Crippen LogP contribution in [0.1, 0.15) is 0 Å². The third kappa shape index (κ3) is 4.55. The minimum absolute atomic E-state index is 0.873. The molecule has 10 rings (SSSR count). The highest BCUT2D eigenvalue weighted by Crippen LogP contribution is 2.47. The number of furan rings is 1. The van der Waals surface area contributed by atoms with Gasteiger partial charge in [0.05, 0.1) is 5.69 Å². The summed E-state index contributed by atoms with van der Waals surface area (Å²) < 4.78 is 9.04. The molecular formula is C46H29NOS. The van der Waals surface area contributed by atoms with Gasteiger partial charge in [-0.15, -0.1) is 11.3 Å². The Morgan fingerprint density at radius 3 is 2.02 bits per heavy atom. The lowest BCUT2D eigenvalue weighted by Crippen LogP contribution is -2.11. The van der Waals surface area contributed by atoms with Gasteiger partial charge in [0.1, 0.15) is 11.2 Å². The lowest BCUT2D eigenvalue weighted by Gasteiger charge is -2.28. The molecule has 230 valence electrons. The molecule has 0 saturated carbocycles. The summed E-state index contributed by atoms with van der Waals surface area (Å²) in [5.41, 5.74) is 9.81. The van der Waals surface area contributed by atoms with Crippen LogP contribution in [0.2, 0.25) is 0 Å². The van der Waals surface area contributed by atoms with E-state index in [1.807, 2.05) is 23.5 Å². The first kappa shape index (κ1) is 27.9. The predicted octanol–water partition coefficient (Wildman–Crippen LogP) is 13.9. The Morgan fingerprint density at radius 1 is 0.408 bits per heavy atom. The van der Waals surface area contributed by atoms with E-state index in [2.05, 4.69) is 169 Å². The molecule has 0 fully saturated rings. The van der Waals surface area contributed by atoms with Crippen molar-refractivity contribution in [1.82, 2.24) is 0 Å². The third-order valence-electron chi connectivity index (χ3n) is 9.66. The van der Waals surface area contributed by atoms with Gasteiger partial charge in [-0.25, -0.2) is 0 Å². The molecule has 0 unspecified atom stereocenters. The Balaban J connectivity index is 1.22. The Hall–Kier alpha value is -6.16. The normalized spacial score (nSPS) is 11.7. The van der Waals surface area contributed by atoms with Crippen molar-refractivity contribution in [3.05, 3.63) is 176 Å². The molecule has 0 radical (unpaired) electrons. The number of hydrogen-bond acceptors (Lipinski definition) is 3. The van der Waals surface area contributed by atoms with E-state index in [9.17, 15) is 0 Å². The fourth-order valence-electron chi connectivity index (χ4n) is 7.43. The van der Waals surface area contributed by atoms with E-state index in [1.54, 1.807) is 0 Å². The topological polar surface area (TPSA) is 16.4 Å². The molecule has 0 aliphatic carbocycles. The number of nitrogens with zero attached hydrogens (tertiary/aromatic N) is 1. The maximum atomic E-state index is 6.44. The van der Waals surface area contributed by atoms with Crippen LogP contribution in [0, 0.1) is 0 Å². The standard InChI is InChI=1S/C46H29NOS/c1-2-16-34-30(12-1)13-10-20-35(34)31-14-9-15-32(28-31)47(33-26-27-38-37-18-4-7-24-43(37)48-44(38)29-33)42-23-6-3-17-36(42)40-21-11-22-41-39-19-5-8-25-45(39)49-46(40)41/h1-29H. The summed E-state index contributed by atoms with van der Waals surface area (Å²) in [4.78, 5) is 2.39. The van der Waals surface area contributed by atoms with Crippen molar-refractivity contribution >= 4 is 81.3 Å². The number of benzene rings is 8. The van der Waals surface area contributed by atoms with Gasteiger partial charge in [-0.2, -0.15) is 0 Å². The molecular weight excluding hydrogens is 615 g/mol. The van der Waals surface area contributed by atoms with Crippen molar-refractivity contribution in [2.45, 2.75) is 0 Å². The molecule has 10 aromatic rings. The van der Waals surface area contributed by atoms with Crippen molar-refractivity contribution in [1.29, 1.82) is 0 Å². The molecule has 2 aromatic heterocycles. The quantitative estimate of drug-likeness (QED) is 0.186. The molecule has 0 spiro atoms. The fourth-order valence-corrected chi connectivity index (χ4v) is 8.66. The van der Waals surface area contributed by atoms with Crippen LogP contribution in [0.25, 0.3) is 75.1 Å². The van der Waals surface area contributed by atoms with Gasteiger partial charge in [-0.3, -0.25) is 0 Å². The Labute approximate surface area is 287 Å². The van der Waals surface area contributed by atoms with Crippen LogP contribution in [0.3, 0.4) is 0 Å². The average molecular weight is 644 g/mol. The van der Waals surface area contributed by atoms with E-state index < -0.39 is 0 Å². The van der Waals surface area contributed by atoms with E-state index in [-0.39, 0.29) is 0 Å². The number of hydrogen-bond donors (Lipinski definition) is 0. The van der Waals surface area contributed by atoms with Crippen molar-refractivity contribution in [2.24, 2.45) is 0 Å². The maximum Gasteiger partial charge on any atom is 0.137 e. The summed E-state index contributed by atoms with van der Waals surface area (Å²) in [7, 11) is 0. The Bertz CT molecular complexity index is 2850. The summed E-state index contributed by atoms with van der Waals surface area (Å²) in [6.45, 7) is 0. The molecule has 8 aromatic carbocycles. The molecule has 0 N–H and O–H groups in total. The third-order valence-corrected chi connectivity index (χ3v) is 10.9. The molecule has 2 nitrogen and oxygen atoms in total. The molecule has 2 heterocycles. The van der Waals surface area contributed by atoms with Gasteiger partial charge < -0.3 is 9.32 Å².